The van der Waals surface area contributed by atoms with Gasteiger partial charge in [0.1, 0.15) is 17.0 Å². The van der Waals surface area contributed by atoms with E-state index in [0.717, 1.165) is 37.5 Å². The Morgan fingerprint density at radius 2 is 2.00 bits per heavy atom. The van der Waals surface area contributed by atoms with Gasteiger partial charge in [-0.1, -0.05) is 19.3 Å². The van der Waals surface area contributed by atoms with Gasteiger partial charge in [0.05, 0.1) is 6.07 Å². The minimum atomic E-state index is -1.01. The zero-order chi connectivity index (χ0) is 14.6. The van der Waals surface area contributed by atoms with Crippen molar-refractivity contribution in [2.24, 2.45) is 5.41 Å². The highest BCUT2D eigenvalue weighted by Gasteiger charge is 2.39. The first-order valence-corrected chi connectivity index (χ1v) is 6.71. The second-order valence-corrected chi connectivity index (χ2v) is 5.17. The zero-order valence-corrected chi connectivity index (χ0v) is 11.1. The van der Waals surface area contributed by atoms with Gasteiger partial charge in [-0.25, -0.2) is 8.78 Å². The first kappa shape index (κ1) is 14.4. The van der Waals surface area contributed by atoms with E-state index < -0.39 is 17.0 Å². The Morgan fingerprint density at radius 3 is 2.65 bits per heavy atom. The lowest BCUT2D eigenvalue weighted by atomic mass is 9.74. The minimum Gasteiger partial charge on any atom is -0.351 e. The number of amides is 1. The van der Waals surface area contributed by atoms with E-state index in [1.165, 1.54) is 0 Å². The largest absolute Gasteiger partial charge is 0.351 e. The molecule has 0 aromatic heterocycles. The van der Waals surface area contributed by atoms with Crippen molar-refractivity contribution in [3.8, 4) is 6.07 Å². The Kier molecular flexibility index (Phi) is 4.33. The van der Waals surface area contributed by atoms with E-state index in [2.05, 4.69) is 11.4 Å². The average Bonchev–Trinajstić information content (AvgIpc) is 2.48. The highest BCUT2D eigenvalue weighted by atomic mass is 19.1. The van der Waals surface area contributed by atoms with Crippen molar-refractivity contribution < 1.29 is 13.6 Å². The second kappa shape index (κ2) is 6.00. The molecule has 0 atom stereocenters. The van der Waals surface area contributed by atoms with Crippen molar-refractivity contribution in [3.05, 3.63) is 35.4 Å². The SMILES string of the molecule is N#CC1(C(=O)NCc2cc(F)ccc2F)CCCCC1. The topological polar surface area (TPSA) is 52.9 Å². The van der Waals surface area contributed by atoms with E-state index in [1.807, 2.05) is 0 Å². The first-order chi connectivity index (χ1) is 9.57. The lowest BCUT2D eigenvalue weighted by Gasteiger charge is -2.29. The number of carbonyl (C=O) groups excluding carboxylic acids is 1. The van der Waals surface area contributed by atoms with Crippen LogP contribution >= 0.6 is 0 Å². The Balaban J connectivity index is 2.04. The lowest BCUT2D eigenvalue weighted by molar-refractivity contribution is -0.129. The van der Waals surface area contributed by atoms with Crippen LogP contribution in [0.5, 0.6) is 0 Å². The minimum absolute atomic E-state index is 0.0854. The Morgan fingerprint density at radius 1 is 1.30 bits per heavy atom. The van der Waals surface area contributed by atoms with E-state index in [1.54, 1.807) is 0 Å². The molecule has 20 heavy (non-hydrogen) atoms. The molecule has 1 aromatic rings. The van der Waals surface area contributed by atoms with Crippen molar-refractivity contribution in [1.82, 2.24) is 5.32 Å². The molecule has 2 rings (SSSR count). The summed E-state index contributed by atoms with van der Waals surface area (Å²) in [7, 11) is 0. The quantitative estimate of drug-likeness (QED) is 0.923. The van der Waals surface area contributed by atoms with Crippen LogP contribution in [0.2, 0.25) is 0 Å². The van der Waals surface area contributed by atoms with Crippen LogP contribution < -0.4 is 5.32 Å². The smallest absolute Gasteiger partial charge is 0.240 e. The van der Waals surface area contributed by atoms with Crippen LogP contribution in [-0.2, 0) is 11.3 Å². The third kappa shape index (κ3) is 2.96. The number of carbonyl (C=O) groups is 1. The fraction of sp³-hybridized carbons (Fsp3) is 0.467. The number of halogens is 2. The molecule has 5 heteroatoms. The number of nitrogens with one attached hydrogen (secondary N) is 1. The molecule has 0 saturated heterocycles. The molecule has 1 aliphatic rings. The highest BCUT2D eigenvalue weighted by molar-refractivity contribution is 5.85. The summed E-state index contributed by atoms with van der Waals surface area (Å²) < 4.78 is 26.5. The number of nitrogens with zero attached hydrogens (tertiary/aromatic N) is 1. The molecule has 1 aromatic carbocycles. The summed E-state index contributed by atoms with van der Waals surface area (Å²) in [4.78, 5) is 12.2. The molecule has 0 aliphatic heterocycles. The van der Waals surface area contributed by atoms with Crippen molar-refractivity contribution in [2.75, 3.05) is 0 Å². The summed E-state index contributed by atoms with van der Waals surface area (Å²) in [5.74, 6) is -1.51. The van der Waals surface area contributed by atoms with Crippen LogP contribution in [0.4, 0.5) is 8.78 Å². The maximum atomic E-state index is 13.5. The normalized spacial score (nSPS) is 17.2. The maximum Gasteiger partial charge on any atom is 0.240 e. The molecule has 106 valence electrons. The maximum absolute atomic E-state index is 13.5. The molecule has 0 radical (unpaired) electrons. The number of rotatable bonds is 3. The van der Waals surface area contributed by atoms with E-state index in [4.69, 9.17) is 0 Å². The highest BCUT2D eigenvalue weighted by Crippen LogP contribution is 2.35. The third-order valence-electron chi connectivity index (χ3n) is 3.80. The van der Waals surface area contributed by atoms with E-state index in [-0.39, 0.29) is 18.0 Å². The summed E-state index contributed by atoms with van der Waals surface area (Å²) in [6.45, 7) is -0.105. The zero-order valence-electron chi connectivity index (χ0n) is 11.1. The van der Waals surface area contributed by atoms with Crippen molar-refractivity contribution in [2.45, 2.75) is 38.6 Å². The van der Waals surface area contributed by atoms with Gasteiger partial charge in [0.25, 0.3) is 0 Å². The first-order valence-electron chi connectivity index (χ1n) is 6.71. The molecule has 0 heterocycles. The van der Waals surface area contributed by atoms with Gasteiger partial charge in [0.2, 0.25) is 5.91 Å². The van der Waals surface area contributed by atoms with Crippen molar-refractivity contribution >= 4 is 5.91 Å². The molecule has 1 amide bonds. The lowest BCUT2D eigenvalue weighted by Crippen LogP contribution is -2.41. The van der Waals surface area contributed by atoms with Gasteiger partial charge in [0.15, 0.2) is 0 Å². The van der Waals surface area contributed by atoms with Gasteiger partial charge in [-0.3, -0.25) is 4.79 Å². The molecule has 3 nitrogen and oxygen atoms in total. The van der Waals surface area contributed by atoms with E-state index >= 15 is 0 Å². The van der Waals surface area contributed by atoms with Gasteiger partial charge in [-0.2, -0.15) is 5.26 Å². The van der Waals surface area contributed by atoms with Crippen LogP contribution in [0.3, 0.4) is 0 Å². The molecule has 1 saturated carbocycles. The molecule has 1 N–H and O–H groups in total. The molecule has 0 unspecified atom stereocenters. The fourth-order valence-corrected chi connectivity index (χ4v) is 2.57. The Bertz CT molecular complexity index is 545. The summed E-state index contributed by atoms with van der Waals surface area (Å²) in [5.41, 5.74) is -0.926. The number of nitriles is 1. The number of hydrogen-bond acceptors (Lipinski definition) is 2. The van der Waals surface area contributed by atoms with Gasteiger partial charge < -0.3 is 5.32 Å². The molecular formula is C15H16F2N2O. The Labute approximate surface area is 116 Å². The third-order valence-corrected chi connectivity index (χ3v) is 3.80. The standard InChI is InChI=1S/C15H16F2N2O/c16-12-4-5-13(17)11(8-12)9-19-14(20)15(10-18)6-2-1-3-7-15/h4-5,8H,1-3,6-7,9H2,(H,19,20). The van der Waals surface area contributed by atoms with E-state index in [0.29, 0.717) is 12.8 Å². The van der Waals surface area contributed by atoms with Gasteiger partial charge in [-0.05, 0) is 31.0 Å². The fourth-order valence-electron chi connectivity index (χ4n) is 2.57. The predicted molar refractivity (Wildman–Crippen MR) is 69.3 cm³/mol. The van der Waals surface area contributed by atoms with Crippen LogP contribution in [0.25, 0.3) is 0 Å². The second-order valence-electron chi connectivity index (χ2n) is 5.17. The van der Waals surface area contributed by atoms with Crippen molar-refractivity contribution in [1.29, 1.82) is 5.26 Å². The molecule has 1 fully saturated rings. The molecular weight excluding hydrogens is 262 g/mol. The van der Waals surface area contributed by atoms with Crippen LogP contribution in [0.15, 0.2) is 18.2 Å². The Hall–Kier alpha value is -1.96. The van der Waals surface area contributed by atoms with Gasteiger partial charge in [-0.15, -0.1) is 0 Å². The van der Waals surface area contributed by atoms with Gasteiger partial charge in [0, 0.05) is 12.1 Å². The van der Waals surface area contributed by atoms with Crippen molar-refractivity contribution in [3.63, 3.8) is 0 Å². The predicted octanol–water partition coefficient (Wildman–Crippen LogP) is 3.06. The summed E-state index contributed by atoms with van der Waals surface area (Å²) in [5, 5.41) is 11.8. The molecule has 1 aliphatic carbocycles. The van der Waals surface area contributed by atoms with Crippen LogP contribution in [0.1, 0.15) is 37.7 Å². The molecule has 0 spiro atoms. The number of hydrogen-bond donors (Lipinski definition) is 1. The summed E-state index contributed by atoms with van der Waals surface area (Å²) in [6, 6.07) is 5.20. The van der Waals surface area contributed by atoms with Crippen LogP contribution in [-0.4, -0.2) is 5.91 Å². The van der Waals surface area contributed by atoms with Crippen LogP contribution in [0, 0.1) is 28.4 Å². The van der Waals surface area contributed by atoms with E-state index in [9.17, 15) is 18.8 Å². The summed E-state index contributed by atoms with van der Waals surface area (Å²) >= 11 is 0. The average molecular weight is 278 g/mol. The molecule has 0 bridgehead atoms. The van der Waals surface area contributed by atoms with Gasteiger partial charge >= 0.3 is 0 Å². The monoisotopic (exact) mass is 278 g/mol. The summed E-state index contributed by atoms with van der Waals surface area (Å²) in [6.07, 6.45) is 3.77. The number of benzene rings is 1.